The van der Waals surface area contributed by atoms with Crippen molar-refractivity contribution in [1.29, 1.82) is 0 Å². The van der Waals surface area contributed by atoms with Gasteiger partial charge in [0, 0.05) is 10.9 Å². The molecule has 0 N–H and O–H groups in total. The summed E-state index contributed by atoms with van der Waals surface area (Å²) in [5.41, 5.74) is 4.05. The number of benzene rings is 2. The van der Waals surface area contributed by atoms with Gasteiger partial charge in [-0.1, -0.05) is 0 Å². The summed E-state index contributed by atoms with van der Waals surface area (Å²) in [5.74, 6) is -0.452. The van der Waals surface area contributed by atoms with Crippen LogP contribution in [-0.2, 0) is 16.0 Å². The minimum absolute atomic E-state index is 0.0530. The summed E-state index contributed by atoms with van der Waals surface area (Å²) >= 11 is 0. The Bertz CT molecular complexity index is 1010. The second-order valence-corrected chi connectivity index (χ2v) is 6.20. The molecule has 0 amide bonds. The van der Waals surface area contributed by atoms with Gasteiger partial charge in [-0.15, -0.1) is 0 Å². The maximum atomic E-state index is 12.4. The lowest BCUT2D eigenvalue weighted by molar-refractivity contribution is -0.133. The van der Waals surface area contributed by atoms with E-state index in [0.29, 0.717) is 5.56 Å². The predicted molar refractivity (Wildman–Crippen MR) is 99.4 cm³/mol. The van der Waals surface area contributed by atoms with E-state index in [1.54, 1.807) is 6.26 Å². The molecule has 0 unspecified atom stereocenters. The fraction of sp³-hybridized carbons (Fsp3) is 0.238. The number of carbonyl (C=O) groups excluding carboxylic acids is 2. The van der Waals surface area contributed by atoms with Crippen LogP contribution in [0.5, 0.6) is 11.5 Å². The Morgan fingerprint density at radius 1 is 1.00 bits per heavy atom. The second-order valence-electron chi connectivity index (χ2n) is 6.20. The van der Waals surface area contributed by atoms with Crippen LogP contribution in [0.4, 0.5) is 0 Å². The third-order valence-corrected chi connectivity index (χ3v) is 4.41. The average molecular weight is 368 g/mol. The molecule has 1 aromatic heterocycles. The number of carbonyl (C=O) groups is 2. The van der Waals surface area contributed by atoms with Crippen LogP contribution in [0.1, 0.15) is 27.0 Å². The first-order valence-electron chi connectivity index (χ1n) is 8.37. The number of hydrogen-bond donors (Lipinski definition) is 0. The van der Waals surface area contributed by atoms with Gasteiger partial charge in [0.1, 0.15) is 5.58 Å². The molecule has 6 nitrogen and oxygen atoms in total. The zero-order valence-electron chi connectivity index (χ0n) is 15.6. The highest BCUT2D eigenvalue weighted by Crippen LogP contribution is 2.30. The van der Waals surface area contributed by atoms with Crippen molar-refractivity contribution in [3.8, 4) is 11.5 Å². The Labute approximate surface area is 156 Å². The van der Waals surface area contributed by atoms with E-state index in [1.807, 2.05) is 26.0 Å². The van der Waals surface area contributed by atoms with Crippen molar-refractivity contribution in [3.63, 3.8) is 0 Å². The number of esters is 2. The van der Waals surface area contributed by atoms with Crippen LogP contribution in [0, 0.1) is 13.8 Å². The number of furan rings is 1. The Hall–Kier alpha value is -3.28. The van der Waals surface area contributed by atoms with Gasteiger partial charge in [0.05, 0.1) is 32.5 Å². The minimum atomic E-state index is -0.498. The largest absolute Gasteiger partial charge is 0.493 e. The van der Waals surface area contributed by atoms with Crippen molar-refractivity contribution < 1.29 is 28.2 Å². The molecule has 0 fully saturated rings. The van der Waals surface area contributed by atoms with Crippen LogP contribution >= 0.6 is 0 Å². The van der Waals surface area contributed by atoms with E-state index in [0.717, 1.165) is 27.7 Å². The average Bonchev–Trinajstić information content (AvgIpc) is 3.03. The monoisotopic (exact) mass is 368 g/mol. The van der Waals surface area contributed by atoms with E-state index < -0.39 is 11.9 Å². The second kappa shape index (κ2) is 7.53. The van der Waals surface area contributed by atoms with Gasteiger partial charge in [0.15, 0.2) is 11.5 Å². The Kier molecular flexibility index (Phi) is 5.16. The van der Waals surface area contributed by atoms with Crippen molar-refractivity contribution in [2.24, 2.45) is 0 Å². The summed E-state index contributed by atoms with van der Waals surface area (Å²) in [6.07, 6.45) is 1.62. The summed E-state index contributed by atoms with van der Waals surface area (Å²) in [6, 6.07) is 8.44. The predicted octanol–water partition coefficient (Wildman–Crippen LogP) is 3.99. The van der Waals surface area contributed by atoms with Crippen LogP contribution in [0.3, 0.4) is 0 Å². The fourth-order valence-corrected chi connectivity index (χ4v) is 2.78. The van der Waals surface area contributed by atoms with Crippen molar-refractivity contribution in [3.05, 3.63) is 58.8 Å². The summed E-state index contributed by atoms with van der Waals surface area (Å²) in [5, 5.41) is 0.892. The Balaban J connectivity index is 1.80. The lowest BCUT2D eigenvalue weighted by Crippen LogP contribution is -2.12. The van der Waals surface area contributed by atoms with Crippen LogP contribution in [0.2, 0.25) is 0 Å². The lowest BCUT2D eigenvalue weighted by atomic mass is 10.0. The molecule has 0 spiro atoms. The molecular weight excluding hydrogens is 348 g/mol. The molecule has 0 saturated carbocycles. The molecule has 0 atom stereocenters. The first-order chi connectivity index (χ1) is 12.9. The van der Waals surface area contributed by atoms with Crippen molar-refractivity contribution >= 4 is 22.9 Å². The van der Waals surface area contributed by atoms with E-state index >= 15 is 0 Å². The van der Waals surface area contributed by atoms with Gasteiger partial charge in [0.25, 0.3) is 0 Å². The molecule has 2 aromatic carbocycles. The summed E-state index contributed by atoms with van der Waals surface area (Å²) < 4.78 is 20.9. The number of fused-ring (bicyclic) bond motifs is 1. The molecule has 27 heavy (non-hydrogen) atoms. The van der Waals surface area contributed by atoms with Crippen LogP contribution in [0.15, 0.2) is 41.0 Å². The standard InChI is InChI=1S/C21H20O6/c1-12-7-16-15(11-26-18(16)8-13(12)2)10-20(22)27-17-6-5-14(21(23)25-4)9-19(17)24-3/h5-9,11H,10H2,1-4H3. The first kappa shape index (κ1) is 18.5. The molecule has 140 valence electrons. The highest BCUT2D eigenvalue weighted by Gasteiger charge is 2.17. The zero-order valence-corrected chi connectivity index (χ0v) is 15.6. The molecule has 0 saturated heterocycles. The lowest BCUT2D eigenvalue weighted by Gasteiger charge is -2.10. The Morgan fingerprint density at radius 2 is 1.74 bits per heavy atom. The molecular formula is C21H20O6. The van der Waals surface area contributed by atoms with Gasteiger partial charge in [-0.05, 0) is 55.3 Å². The van der Waals surface area contributed by atoms with Crippen molar-refractivity contribution in [2.75, 3.05) is 14.2 Å². The molecule has 0 aliphatic heterocycles. The zero-order chi connectivity index (χ0) is 19.6. The highest BCUT2D eigenvalue weighted by atomic mass is 16.6. The van der Waals surface area contributed by atoms with Gasteiger partial charge in [-0.25, -0.2) is 4.79 Å². The normalized spacial score (nSPS) is 10.7. The van der Waals surface area contributed by atoms with Gasteiger partial charge >= 0.3 is 11.9 Å². The van der Waals surface area contributed by atoms with Crippen molar-refractivity contribution in [2.45, 2.75) is 20.3 Å². The van der Waals surface area contributed by atoms with E-state index in [2.05, 4.69) is 4.74 Å². The number of methoxy groups -OCH3 is 2. The maximum Gasteiger partial charge on any atom is 0.337 e. The quantitative estimate of drug-likeness (QED) is 0.501. The molecule has 3 aromatic rings. The minimum Gasteiger partial charge on any atom is -0.493 e. The summed E-state index contributed by atoms with van der Waals surface area (Å²) in [7, 11) is 2.73. The number of hydrogen-bond acceptors (Lipinski definition) is 6. The molecule has 3 rings (SSSR count). The SMILES string of the molecule is COC(=O)c1ccc(OC(=O)Cc2coc3cc(C)c(C)cc23)c(OC)c1. The number of rotatable bonds is 5. The summed E-state index contributed by atoms with van der Waals surface area (Å²) in [6.45, 7) is 4.02. The van der Waals surface area contributed by atoms with Crippen LogP contribution in [0.25, 0.3) is 11.0 Å². The van der Waals surface area contributed by atoms with E-state index in [4.69, 9.17) is 13.9 Å². The Morgan fingerprint density at radius 3 is 2.44 bits per heavy atom. The van der Waals surface area contributed by atoms with E-state index in [-0.39, 0.29) is 17.9 Å². The molecule has 0 aliphatic carbocycles. The first-order valence-corrected chi connectivity index (χ1v) is 8.37. The number of aryl methyl sites for hydroxylation is 2. The fourth-order valence-electron chi connectivity index (χ4n) is 2.78. The topological polar surface area (TPSA) is 75.0 Å². The van der Waals surface area contributed by atoms with Gasteiger partial charge < -0.3 is 18.6 Å². The number of ether oxygens (including phenoxy) is 3. The van der Waals surface area contributed by atoms with Gasteiger partial charge in [-0.2, -0.15) is 0 Å². The third kappa shape index (κ3) is 3.79. The van der Waals surface area contributed by atoms with Crippen LogP contribution in [-0.4, -0.2) is 26.2 Å². The third-order valence-electron chi connectivity index (χ3n) is 4.41. The maximum absolute atomic E-state index is 12.4. The molecule has 0 radical (unpaired) electrons. The molecule has 0 aliphatic rings. The molecule has 1 heterocycles. The van der Waals surface area contributed by atoms with Crippen molar-refractivity contribution in [1.82, 2.24) is 0 Å². The van der Waals surface area contributed by atoms with E-state index in [1.165, 1.54) is 32.4 Å². The highest BCUT2D eigenvalue weighted by molar-refractivity contribution is 5.91. The summed E-state index contributed by atoms with van der Waals surface area (Å²) in [4.78, 5) is 24.0. The molecule has 0 bridgehead atoms. The van der Waals surface area contributed by atoms with Gasteiger partial charge in [0.2, 0.25) is 0 Å². The molecule has 6 heteroatoms. The van der Waals surface area contributed by atoms with E-state index in [9.17, 15) is 9.59 Å². The van der Waals surface area contributed by atoms with Gasteiger partial charge in [-0.3, -0.25) is 4.79 Å². The smallest absolute Gasteiger partial charge is 0.337 e. The van der Waals surface area contributed by atoms with Crippen LogP contribution < -0.4 is 9.47 Å².